The summed E-state index contributed by atoms with van der Waals surface area (Å²) in [6.45, 7) is 5.37. The van der Waals surface area contributed by atoms with E-state index in [1.807, 2.05) is 12.3 Å². The van der Waals surface area contributed by atoms with E-state index in [4.69, 9.17) is 5.73 Å². The molecule has 1 aromatic heterocycles. The van der Waals surface area contributed by atoms with Gasteiger partial charge in [0.15, 0.2) is 0 Å². The second-order valence-electron chi connectivity index (χ2n) is 5.49. The van der Waals surface area contributed by atoms with Crippen molar-refractivity contribution in [3.8, 4) is 0 Å². The molecule has 2 aromatic rings. The third-order valence-corrected chi connectivity index (χ3v) is 3.78. The summed E-state index contributed by atoms with van der Waals surface area (Å²) < 4.78 is 2.22. The molecule has 0 aliphatic carbocycles. The minimum Gasteiger partial charge on any atom is -0.335 e. The summed E-state index contributed by atoms with van der Waals surface area (Å²) in [5.41, 5.74) is 7.61. The van der Waals surface area contributed by atoms with Crippen molar-refractivity contribution in [3.05, 3.63) is 54.1 Å². The summed E-state index contributed by atoms with van der Waals surface area (Å²) in [6, 6.07) is 10.4. The summed E-state index contributed by atoms with van der Waals surface area (Å²) in [7, 11) is 0. The van der Waals surface area contributed by atoms with Crippen LogP contribution in [-0.2, 0) is 18.5 Å². The van der Waals surface area contributed by atoms with Crippen LogP contribution in [0.1, 0.15) is 44.5 Å². The van der Waals surface area contributed by atoms with Gasteiger partial charge in [0.25, 0.3) is 0 Å². The number of rotatable bonds is 7. The van der Waals surface area contributed by atoms with Crippen LogP contribution in [0.2, 0.25) is 0 Å². The van der Waals surface area contributed by atoms with Gasteiger partial charge in [0.05, 0.1) is 0 Å². The third-order valence-electron chi connectivity index (χ3n) is 3.78. The van der Waals surface area contributed by atoms with Crippen molar-refractivity contribution < 1.29 is 0 Å². The molecular formula is C17H25N3. The molecule has 3 nitrogen and oxygen atoms in total. The molecular weight excluding hydrogens is 246 g/mol. The van der Waals surface area contributed by atoms with Gasteiger partial charge in [-0.25, -0.2) is 4.98 Å². The topological polar surface area (TPSA) is 43.8 Å². The van der Waals surface area contributed by atoms with E-state index in [0.717, 1.165) is 38.1 Å². The predicted octanol–water partition coefficient (Wildman–Crippen LogP) is 3.49. The van der Waals surface area contributed by atoms with Crippen LogP contribution in [0, 0.1) is 0 Å². The second-order valence-corrected chi connectivity index (χ2v) is 5.49. The van der Waals surface area contributed by atoms with E-state index in [1.165, 1.54) is 5.56 Å². The lowest BCUT2D eigenvalue weighted by Gasteiger charge is -2.30. The quantitative estimate of drug-likeness (QED) is 0.837. The molecule has 0 radical (unpaired) electrons. The highest BCUT2D eigenvalue weighted by Gasteiger charge is 2.28. The van der Waals surface area contributed by atoms with Crippen LogP contribution in [0.3, 0.4) is 0 Å². The van der Waals surface area contributed by atoms with Crippen LogP contribution >= 0.6 is 0 Å². The number of benzene rings is 1. The normalized spacial score (nSPS) is 14.2. The van der Waals surface area contributed by atoms with E-state index in [0.29, 0.717) is 0 Å². The molecule has 0 amide bonds. The zero-order chi connectivity index (χ0) is 14.4. The zero-order valence-electron chi connectivity index (χ0n) is 12.5. The lowest BCUT2D eigenvalue weighted by molar-refractivity contribution is 0.384. The van der Waals surface area contributed by atoms with Crippen LogP contribution in [-0.4, -0.2) is 9.55 Å². The average Bonchev–Trinajstić information content (AvgIpc) is 2.88. The maximum Gasteiger partial charge on any atom is 0.110 e. The standard InChI is InChI=1S/C17H25N3/c1-3-10-17(18,15-8-6-5-7-9-15)14-16-19-11-13-20(16)12-4-2/h5-9,11,13H,3-4,10,12,14,18H2,1-2H3. The highest BCUT2D eigenvalue weighted by Crippen LogP contribution is 2.27. The molecule has 3 heteroatoms. The summed E-state index contributed by atoms with van der Waals surface area (Å²) in [6.07, 6.45) is 7.87. The first kappa shape index (κ1) is 14.8. The Balaban J connectivity index is 2.27. The summed E-state index contributed by atoms with van der Waals surface area (Å²) in [4.78, 5) is 4.51. The molecule has 1 heterocycles. The molecule has 0 saturated carbocycles. The van der Waals surface area contributed by atoms with Crippen molar-refractivity contribution >= 4 is 0 Å². The number of hydrogen-bond acceptors (Lipinski definition) is 2. The third kappa shape index (κ3) is 3.28. The molecule has 0 saturated heterocycles. The molecule has 108 valence electrons. The lowest BCUT2D eigenvalue weighted by Crippen LogP contribution is -2.39. The maximum atomic E-state index is 6.73. The minimum absolute atomic E-state index is 0.327. The predicted molar refractivity (Wildman–Crippen MR) is 83.4 cm³/mol. The van der Waals surface area contributed by atoms with Gasteiger partial charge in [-0.2, -0.15) is 0 Å². The fourth-order valence-corrected chi connectivity index (χ4v) is 2.78. The van der Waals surface area contributed by atoms with E-state index in [2.05, 4.69) is 53.9 Å². The van der Waals surface area contributed by atoms with Crippen molar-refractivity contribution in [2.75, 3.05) is 0 Å². The molecule has 1 aromatic carbocycles. The Morgan fingerprint density at radius 3 is 2.55 bits per heavy atom. The Labute approximate surface area is 121 Å². The highest BCUT2D eigenvalue weighted by molar-refractivity contribution is 5.25. The van der Waals surface area contributed by atoms with Gasteiger partial charge in [-0.1, -0.05) is 50.6 Å². The van der Waals surface area contributed by atoms with Gasteiger partial charge in [0, 0.05) is 30.9 Å². The van der Waals surface area contributed by atoms with Gasteiger partial charge in [-0.15, -0.1) is 0 Å². The van der Waals surface area contributed by atoms with Crippen molar-refractivity contribution in [1.82, 2.24) is 9.55 Å². The fourth-order valence-electron chi connectivity index (χ4n) is 2.78. The van der Waals surface area contributed by atoms with Crippen molar-refractivity contribution in [1.29, 1.82) is 0 Å². The van der Waals surface area contributed by atoms with Crippen LogP contribution in [0.15, 0.2) is 42.7 Å². The largest absolute Gasteiger partial charge is 0.335 e. The Bertz CT molecular complexity index is 518. The lowest BCUT2D eigenvalue weighted by atomic mass is 9.83. The molecule has 0 spiro atoms. The minimum atomic E-state index is -0.327. The summed E-state index contributed by atoms with van der Waals surface area (Å²) in [5.74, 6) is 1.09. The van der Waals surface area contributed by atoms with E-state index < -0.39 is 0 Å². The Kier molecular flexibility index (Phi) is 4.96. The van der Waals surface area contributed by atoms with Crippen LogP contribution in [0.5, 0.6) is 0 Å². The summed E-state index contributed by atoms with van der Waals surface area (Å²) >= 11 is 0. The number of hydrogen-bond donors (Lipinski definition) is 1. The first-order chi connectivity index (χ1) is 9.69. The van der Waals surface area contributed by atoms with Gasteiger partial charge < -0.3 is 10.3 Å². The van der Waals surface area contributed by atoms with Gasteiger partial charge in [0.1, 0.15) is 5.82 Å². The van der Waals surface area contributed by atoms with Crippen LogP contribution in [0.25, 0.3) is 0 Å². The Hall–Kier alpha value is -1.61. The van der Waals surface area contributed by atoms with Gasteiger partial charge >= 0.3 is 0 Å². The number of aryl methyl sites for hydroxylation is 1. The first-order valence-electron chi connectivity index (χ1n) is 7.54. The number of nitrogens with two attached hydrogens (primary N) is 1. The molecule has 2 rings (SSSR count). The van der Waals surface area contributed by atoms with E-state index >= 15 is 0 Å². The monoisotopic (exact) mass is 271 g/mol. The fraction of sp³-hybridized carbons (Fsp3) is 0.471. The number of nitrogens with zero attached hydrogens (tertiary/aromatic N) is 2. The second kappa shape index (κ2) is 6.71. The van der Waals surface area contributed by atoms with Gasteiger partial charge in [-0.05, 0) is 18.4 Å². The van der Waals surface area contributed by atoms with Gasteiger partial charge in [0.2, 0.25) is 0 Å². The SMILES string of the molecule is CCCn1ccnc1CC(N)(CCC)c1ccccc1. The molecule has 0 bridgehead atoms. The number of aromatic nitrogens is 2. The van der Waals surface area contributed by atoms with E-state index in [9.17, 15) is 0 Å². The highest BCUT2D eigenvalue weighted by atomic mass is 15.1. The van der Waals surface area contributed by atoms with E-state index in [-0.39, 0.29) is 5.54 Å². The van der Waals surface area contributed by atoms with Crippen molar-refractivity contribution in [3.63, 3.8) is 0 Å². The average molecular weight is 271 g/mol. The van der Waals surface area contributed by atoms with Gasteiger partial charge in [-0.3, -0.25) is 0 Å². The summed E-state index contributed by atoms with van der Waals surface area (Å²) in [5, 5.41) is 0. The van der Waals surface area contributed by atoms with E-state index in [1.54, 1.807) is 0 Å². The van der Waals surface area contributed by atoms with Crippen molar-refractivity contribution in [2.45, 2.75) is 51.6 Å². The molecule has 1 unspecified atom stereocenters. The van der Waals surface area contributed by atoms with Crippen molar-refractivity contribution in [2.24, 2.45) is 5.73 Å². The molecule has 2 N–H and O–H groups in total. The smallest absolute Gasteiger partial charge is 0.110 e. The molecule has 0 fully saturated rings. The molecule has 0 aliphatic rings. The number of imidazole rings is 1. The molecule has 20 heavy (non-hydrogen) atoms. The van der Waals surface area contributed by atoms with Crippen LogP contribution in [0.4, 0.5) is 0 Å². The Morgan fingerprint density at radius 1 is 1.15 bits per heavy atom. The maximum absolute atomic E-state index is 6.73. The van der Waals surface area contributed by atoms with Crippen LogP contribution < -0.4 is 5.73 Å². The first-order valence-corrected chi connectivity index (χ1v) is 7.54. The Morgan fingerprint density at radius 2 is 1.90 bits per heavy atom. The molecule has 0 aliphatic heterocycles. The molecule has 1 atom stereocenters. The zero-order valence-corrected chi connectivity index (χ0v) is 12.5.